The van der Waals surface area contributed by atoms with E-state index in [-0.39, 0.29) is 10.5 Å². The summed E-state index contributed by atoms with van der Waals surface area (Å²) in [7, 11) is -3.54. The zero-order valence-corrected chi connectivity index (χ0v) is 16.7. The second-order valence-corrected chi connectivity index (χ2v) is 8.87. The average Bonchev–Trinajstić information content (AvgIpc) is 2.73. The third-order valence-corrected chi connectivity index (χ3v) is 6.71. The first-order valence-electron chi connectivity index (χ1n) is 8.94. The van der Waals surface area contributed by atoms with Crippen LogP contribution in [0.15, 0.2) is 53.4 Å². The number of Topliss-reactive ketones (excluding diaryl/α,β-unsaturated/α-hetero) is 1. The third kappa shape index (κ3) is 4.79. The number of carbonyl (C=O) groups is 2. The highest BCUT2D eigenvalue weighted by Crippen LogP contribution is 2.21. The summed E-state index contributed by atoms with van der Waals surface area (Å²) < 4.78 is 31.7. The summed E-state index contributed by atoms with van der Waals surface area (Å²) in [5.41, 5.74) is 0.571. The summed E-state index contributed by atoms with van der Waals surface area (Å²) in [6.07, 6.45) is 2.75. The molecule has 8 heteroatoms. The van der Waals surface area contributed by atoms with Gasteiger partial charge in [-0.3, -0.25) is 4.79 Å². The summed E-state index contributed by atoms with van der Waals surface area (Å²) >= 11 is 5.77. The van der Waals surface area contributed by atoms with Crippen LogP contribution in [0.2, 0.25) is 5.02 Å². The van der Waals surface area contributed by atoms with E-state index in [1.807, 2.05) is 0 Å². The maximum Gasteiger partial charge on any atom is 0.338 e. The predicted octanol–water partition coefficient (Wildman–Crippen LogP) is 3.55. The quantitative estimate of drug-likeness (QED) is 0.526. The van der Waals surface area contributed by atoms with E-state index >= 15 is 0 Å². The van der Waals surface area contributed by atoms with E-state index in [0.29, 0.717) is 23.7 Å². The molecule has 0 bridgehead atoms. The molecule has 2 aromatic carbocycles. The van der Waals surface area contributed by atoms with Crippen LogP contribution in [0.5, 0.6) is 0 Å². The lowest BCUT2D eigenvalue weighted by molar-refractivity contribution is 0.0475. The van der Waals surface area contributed by atoms with Gasteiger partial charge in [-0.05, 0) is 61.4 Å². The normalized spacial score (nSPS) is 15.2. The van der Waals surface area contributed by atoms with E-state index in [4.69, 9.17) is 16.3 Å². The fourth-order valence-electron chi connectivity index (χ4n) is 2.95. The fraction of sp³-hybridized carbons (Fsp3) is 0.300. The largest absolute Gasteiger partial charge is 0.454 e. The number of esters is 1. The molecule has 0 spiro atoms. The van der Waals surface area contributed by atoms with Gasteiger partial charge in [-0.25, -0.2) is 13.2 Å². The Morgan fingerprint density at radius 1 is 0.893 bits per heavy atom. The second-order valence-electron chi connectivity index (χ2n) is 6.50. The molecule has 0 atom stereocenters. The van der Waals surface area contributed by atoms with Crippen LogP contribution in [-0.4, -0.2) is 44.2 Å². The zero-order chi connectivity index (χ0) is 20.1. The number of rotatable bonds is 6. The van der Waals surface area contributed by atoms with Gasteiger partial charge in [0.1, 0.15) is 0 Å². The van der Waals surface area contributed by atoms with Crippen LogP contribution in [0.1, 0.15) is 40.0 Å². The van der Waals surface area contributed by atoms with Gasteiger partial charge in [-0.15, -0.1) is 0 Å². The minimum atomic E-state index is -3.54. The van der Waals surface area contributed by atoms with Gasteiger partial charge in [0.2, 0.25) is 10.0 Å². The first-order chi connectivity index (χ1) is 13.4. The number of hydrogen-bond donors (Lipinski definition) is 0. The summed E-state index contributed by atoms with van der Waals surface area (Å²) in [5.74, 6) is -1.04. The number of ether oxygens (including phenoxy) is 1. The Labute approximate surface area is 169 Å². The molecule has 0 saturated carbocycles. The summed E-state index contributed by atoms with van der Waals surface area (Å²) in [5, 5.41) is 0.493. The molecule has 0 unspecified atom stereocenters. The number of sulfonamides is 1. The molecule has 0 aliphatic carbocycles. The molecule has 0 aromatic heterocycles. The molecule has 148 valence electrons. The lowest BCUT2D eigenvalue weighted by Crippen LogP contribution is -2.35. The highest BCUT2D eigenvalue weighted by molar-refractivity contribution is 7.89. The van der Waals surface area contributed by atoms with Crippen molar-refractivity contribution in [1.82, 2.24) is 4.31 Å². The minimum absolute atomic E-state index is 0.157. The molecule has 3 rings (SSSR count). The summed E-state index contributed by atoms with van der Waals surface area (Å²) in [6, 6.07) is 11.8. The van der Waals surface area contributed by atoms with Crippen molar-refractivity contribution in [2.24, 2.45) is 0 Å². The molecule has 1 aliphatic rings. The highest BCUT2D eigenvalue weighted by Gasteiger charge is 2.26. The van der Waals surface area contributed by atoms with Gasteiger partial charge in [-0.1, -0.05) is 18.0 Å². The third-order valence-electron chi connectivity index (χ3n) is 4.54. The zero-order valence-electron chi connectivity index (χ0n) is 15.1. The predicted molar refractivity (Wildman–Crippen MR) is 105 cm³/mol. The molecule has 0 amide bonds. The van der Waals surface area contributed by atoms with Crippen molar-refractivity contribution in [2.45, 2.75) is 24.2 Å². The van der Waals surface area contributed by atoms with Crippen molar-refractivity contribution in [3.8, 4) is 0 Å². The Hall–Kier alpha value is -2.22. The Morgan fingerprint density at radius 2 is 1.46 bits per heavy atom. The molecule has 1 saturated heterocycles. The Morgan fingerprint density at radius 3 is 2.07 bits per heavy atom. The molecule has 2 aromatic rings. The van der Waals surface area contributed by atoms with Gasteiger partial charge in [0.15, 0.2) is 12.4 Å². The SMILES string of the molecule is O=C(COC(=O)c1ccc(Cl)cc1)c1ccc(S(=O)(=O)N2CCCCC2)cc1. The van der Waals surface area contributed by atoms with Gasteiger partial charge in [0.25, 0.3) is 0 Å². The van der Waals surface area contributed by atoms with Gasteiger partial charge in [-0.2, -0.15) is 4.31 Å². The first kappa shape index (κ1) is 20.5. The summed E-state index contributed by atoms with van der Waals surface area (Å²) in [6.45, 7) is 0.604. The Bertz CT molecular complexity index is 949. The Kier molecular flexibility index (Phi) is 6.49. The standard InChI is InChI=1S/C20H20ClNO5S/c21-17-8-4-16(5-9-17)20(24)27-14-19(23)15-6-10-18(11-7-15)28(25,26)22-12-2-1-3-13-22/h4-11H,1-3,12-14H2. The van der Waals surface area contributed by atoms with Crippen LogP contribution >= 0.6 is 11.6 Å². The lowest BCUT2D eigenvalue weighted by Gasteiger charge is -2.25. The van der Waals surface area contributed by atoms with Crippen LogP contribution in [0, 0.1) is 0 Å². The number of hydrogen-bond acceptors (Lipinski definition) is 5. The number of piperidine rings is 1. The van der Waals surface area contributed by atoms with Crippen molar-refractivity contribution in [3.05, 3.63) is 64.7 Å². The highest BCUT2D eigenvalue weighted by atomic mass is 35.5. The van der Waals surface area contributed by atoms with Crippen LogP contribution in [-0.2, 0) is 14.8 Å². The second kappa shape index (κ2) is 8.86. The number of benzene rings is 2. The van der Waals surface area contributed by atoms with E-state index in [9.17, 15) is 18.0 Å². The number of nitrogens with zero attached hydrogens (tertiary/aromatic N) is 1. The van der Waals surface area contributed by atoms with E-state index in [1.165, 1.54) is 40.7 Å². The molecule has 1 aliphatic heterocycles. The van der Waals surface area contributed by atoms with Gasteiger partial charge >= 0.3 is 5.97 Å². The van der Waals surface area contributed by atoms with Gasteiger partial charge in [0.05, 0.1) is 10.5 Å². The molecule has 0 radical (unpaired) electrons. The number of ketones is 1. The maximum absolute atomic E-state index is 12.6. The van der Waals surface area contributed by atoms with Gasteiger partial charge < -0.3 is 4.74 Å². The minimum Gasteiger partial charge on any atom is -0.454 e. The monoisotopic (exact) mass is 421 g/mol. The molecule has 1 heterocycles. The van der Waals surface area contributed by atoms with Crippen molar-refractivity contribution < 1.29 is 22.7 Å². The van der Waals surface area contributed by atoms with E-state index in [0.717, 1.165) is 19.3 Å². The lowest BCUT2D eigenvalue weighted by atomic mass is 10.1. The first-order valence-corrected chi connectivity index (χ1v) is 10.8. The van der Waals surface area contributed by atoms with Crippen LogP contribution < -0.4 is 0 Å². The van der Waals surface area contributed by atoms with Crippen molar-refractivity contribution in [1.29, 1.82) is 0 Å². The van der Waals surface area contributed by atoms with E-state index in [1.54, 1.807) is 12.1 Å². The molecule has 28 heavy (non-hydrogen) atoms. The van der Waals surface area contributed by atoms with Crippen LogP contribution in [0.4, 0.5) is 0 Å². The van der Waals surface area contributed by atoms with Gasteiger partial charge in [0, 0.05) is 23.7 Å². The summed E-state index contributed by atoms with van der Waals surface area (Å²) in [4.78, 5) is 24.3. The molecular weight excluding hydrogens is 402 g/mol. The van der Waals surface area contributed by atoms with E-state index < -0.39 is 28.4 Å². The van der Waals surface area contributed by atoms with Crippen LogP contribution in [0.25, 0.3) is 0 Å². The van der Waals surface area contributed by atoms with E-state index in [2.05, 4.69) is 0 Å². The number of carbonyl (C=O) groups excluding carboxylic acids is 2. The van der Waals surface area contributed by atoms with Crippen molar-refractivity contribution in [3.63, 3.8) is 0 Å². The topological polar surface area (TPSA) is 80.8 Å². The number of halogens is 1. The average molecular weight is 422 g/mol. The molecular formula is C20H20ClNO5S. The fourth-order valence-corrected chi connectivity index (χ4v) is 4.59. The smallest absolute Gasteiger partial charge is 0.338 e. The molecule has 0 N–H and O–H groups in total. The van der Waals surface area contributed by atoms with Crippen molar-refractivity contribution >= 4 is 33.4 Å². The molecule has 6 nitrogen and oxygen atoms in total. The maximum atomic E-state index is 12.6. The Balaban J connectivity index is 1.62. The molecule has 1 fully saturated rings. The van der Waals surface area contributed by atoms with Crippen LogP contribution in [0.3, 0.4) is 0 Å². The van der Waals surface area contributed by atoms with Crippen molar-refractivity contribution in [2.75, 3.05) is 19.7 Å².